The normalized spacial score (nSPS) is 20.2. The van der Waals surface area contributed by atoms with Crippen LogP contribution in [-0.4, -0.2) is 24.2 Å². The lowest BCUT2D eigenvalue weighted by atomic mass is 10.1. The first-order valence-electron chi connectivity index (χ1n) is 6.72. The minimum atomic E-state index is 0.465. The van der Waals surface area contributed by atoms with Gasteiger partial charge in [-0.1, -0.05) is 11.6 Å². The molecule has 0 bridgehead atoms. The number of hydrogen-bond donors (Lipinski definition) is 1. The number of rotatable bonds is 2. The van der Waals surface area contributed by atoms with E-state index in [1.54, 1.807) is 6.20 Å². The zero-order valence-corrected chi connectivity index (χ0v) is 11.5. The van der Waals surface area contributed by atoms with E-state index in [2.05, 4.69) is 16.4 Å². The van der Waals surface area contributed by atoms with Gasteiger partial charge in [0.25, 0.3) is 0 Å². The number of hydrogen-bond acceptors (Lipinski definition) is 3. The standard InChI is InChI=1S/C15H17ClN2O/c16-13-5-6-14(12-4-1-8-17-15(12)13)18-11-3-2-9-19-10-7-11/h1,4-6,8,11,18H,2-3,7,9-10H2. The van der Waals surface area contributed by atoms with Crippen LogP contribution in [0.25, 0.3) is 10.9 Å². The molecule has 4 heteroatoms. The number of nitrogens with zero attached hydrogens (tertiary/aromatic N) is 1. The third-order valence-corrected chi connectivity index (χ3v) is 3.84. The van der Waals surface area contributed by atoms with Gasteiger partial charge in [0.2, 0.25) is 0 Å². The summed E-state index contributed by atoms with van der Waals surface area (Å²) in [6.45, 7) is 1.71. The Hall–Kier alpha value is -1.32. The van der Waals surface area contributed by atoms with Crippen LogP contribution in [0.5, 0.6) is 0 Å². The molecule has 1 aliphatic heterocycles. The highest BCUT2D eigenvalue weighted by atomic mass is 35.5. The number of ether oxygens (including phenoxy) is 1. The quantitative estimate of drug-likeness (QED) is 0.904. The molecular weight excluding hydrogens is 260 g/mol. The first kappa shape index (κ1) is 12.7. The van der Waals surface area contributed by atoms with E-state index in [4.69, 9.17) is 16.3 Å². The molecule has 3 rings (SSSR count). The fourth-order valence-electron chi connectivity index (χ4n) is 2.53. The first-order valence-corrected chi connectivity index (χ1v) is 7.10. The van der Waals surface area contributed by atoms with Crippen molar-refractivity contribution < 1.29 is 4.74 Å². The lowest BCUT2D eigenvalue weighted by molar-refractivity contribution is 0.144. The molecule has 100 valence electrons. The van der Waals surface area contributed by atoms with E-state index < -0.39 is 0 Å². The van der Waals surface area contributed by atoms with Crippen LogP contribution in [0.3, 0.4) is 0 Å². The second-order valence-corrected chi connectivity index (χ2v) is 5.29. The van der Waals surface area contributed by atoms with Gasteiger partial charge in [-0.2, -0.15) is 0 Å². The van der Waals surface area contributed by atoms with Crippen LogP contribution < -0.4 is 5.32 Å². The molecule has 1 aromatic heterocycles. The Morgan fingerprint density at radius 3 is 3.11 bits per heavy atom. The van der Waals surface area contributed by atoms with Crippen molar-refractivity contribution in [3.8, 4) is 0 Å². The highest BCUT2D eigenvalue weighted by Crippen LogP contribution is 2.29. The highest BCUT2D eigenvalue weighted by molar-refractivity contribution is 6.35. The topological polar surface area (TPSA) is 34.1 Å². The van der Waals surface area contributed by atoms with Crippen LogP contribution in [0.2, 0.25) is 5.02 Å². The van der Waals surface area contributed by atoms with Crippen LogP contribution in [-0.2, 0) is 4.74 Å². The molecule has 3 nitrogen and oxygen atoms in total. The zero-order valence-electron chi connectivity index (χ0n) is 10.7. The van der Waals surface area contributed by atoms with Crippen LogP contribution in [0.4, 0.5) is 5.69 Å². The number of halogens is 1. The molecule has 1 fully saturated rings. The van der Waals surface area contributed by atoms with Crippen molar-refractivity contribution in [2.24, 2.45) is 0 Å². The Morgan fingerprint density at radius 2 is 2.16 bits per heavy atom. The summed E-state index contributed by atoms with van der Waals surface area (Å²) in [5, 5.41) is 5.40. The summed E-state index contributed by atoms with van der Waals surface area (Å²) >= 11 is 6.19. The molecule has 0 radical (unpaired) electrons. The zero-order chi connectivity index (χ0) is 13.1. The predicted octanol–water partition coefficient (Wildman–Crippen LogP) is 3.87. The molecular formula is C15H17ClN2O. The Bertz CT molecular complexity index is 565. The van der Waals surface area contributed by atoms with Crippen LogP contribution >= 0.6 is 11.6 Å². The summed E-state index contributed by atoms with van der Waals surface area (Å²) in [6, 6.07) is 8.42. The summed E-state index contributed by atoms with van der Waals surface area (Å²) in [5.74, 6) is 0. The minimum Gasteiger partial charge on any atom is -0.382 e. The second kappa shape index (κ2) is 5.76. The summed E-state index contributed by atoms with van der Waals surface area (Å²) in [4.78, 5) is 4.36. The van der Waals surface area contributed by atoms with Gasteiger partial charge in [0.1, 0.15) is 0 Å². The average molecular weight is 277 g/mol. The van der Waals surface area contributed by atoms with Crippen LogP contribution in [0.15, 0.2) is 30.5 Å². The van der Waals surface area contributed by atoms with Crippen molar-refractivity contribution in [2.45, 2.75) is 25.3 Å². The van der Waals surface area contributed by atoms with E-state index in [9.17, 15) is 0 Å². The molecule has 1 atom stereocenters. The lowest BCUT2D eigenvalue weighted by Crippen LogP contribution is -2.19. The van der Waals surface area contributed by atoms with E-state index in [0.717, 1.165) is 49.1 Å². The minimum absolute atomic E-state index is 0.465. The number of nitrogens with one attached hydrogen (secondary N) is 1. The lowest BCUT2D eigenvalue weighted by Gasteiger charge is -2.18. The molecule has 1 unspecified atom stereocenters. The molecule has 0 aliphatic carbocycles. The van der Waals surface area contributed by atoms with Crippen molar-refractivity contribution in [1.29, 1.82) is 0 Å². The Balaban J connectivity index is 1.90. The van der Waals surface area contributed by atoms with Crippen LogP contribution in [0.1, 0.15) is 19.3 Å². The van der Waals surface area contributed by atoms with Gasteiger partial charge in [0.05, 0.1) is 10.5 Å². The molecule has 0 amide bonds. The highest BCUT2D eigenvalue weighted by Gasteiger charge is 2.14. The molecule has 19 heavy (non-hydrogen) atoms. The second-order valence-electron chi connectivity index (χ2n) is 4.88. The third kappa shape index (κ3) is 2.82. The number of benzene rings is 1. The maximum atomic E-state index is 6.19. The number of pyridine rings is 1. The van der Waals surface area contributed by atoms with Crippen LogP contribution in [0, 0.1) is 0 Å². The van der Waals surface area contributed by atoms with Gasteiger partial charge in [-0.15, -0.1) is 0 Å². The van der Waals surface area contributed by atoms with Gasteiger partial charge < -0.3 is 10.1 Å². The smallest absolute Gasteiger partial charge is 0.0908 e. The van der Waals surface area contributed by atoms with E-state index in [-0.39, 0.29) is 0 Å². The third-order valence-electron chi connectivity index (χ3n) is 3.53. The molecule has 2 aromatic rings. The average Bonchev–Trinajstić information content (AvgIpc) is 2.71. The van der Waals surface area contributed by atoms with E-state index in [1.165, 1.54) is 0 Å². The Labute approximate surface area is 117 Å². The van der Waals surface area contributed by atoms with Crippen molar-refractivity contribution in [3.63, 3.8) is 0 Å². The molecule has 1 saturated heterocycles. The number of anilines is 1. The largest absolute Gasteiger partial charge is 0.382 e. The first-order chi connectivity index (χ1) is 9.34. The maximum absolute atomic E-state index is 6.19. The van der Waals surface area contributed by atoms with Gasteiger partial charge >= 0.3 is 0 Å². The van der Waals surface area contributed by atoms with Gasteiger partial charge in [0.15, 0.2) is 0 Å². The molecule has 1 aromatic carbocycles. The van der Waals surface area contributed by atoms with Gasteiger partial charge in [-0.05, 0) is 43.5 Å². The van der Waals surface area contributed by atoms with E-state index in [0.29, 0.717) is 11.1 Å². The summed E-state index contributed by atoms with van der Waals surface area (Å²) in [7, 11) is 0. The van der Waals surface area contributed by atoms with E-state index >= 15 is 0 Å². The Morgan fingerprint density at radius 1 is 1.21 bits per heavy atom. The fraction of sp³-hybridized carbons (Fsp3) is 0.400. The van der Waals surface area contributed by atoms with Crippen molar-refractivity contribution in [1.82, 2.24) is 4.98 Å². The predicted molar refractivity (Wildman–Crippen MR) is 78.8 cm³/mol. The van der Waals surface area contributed by atoms with Gasteiger partial charge in [-0.3, -0.25) is 4.98 Å². The molecule has 0 saturated carbocycles. The Kier molecular flexibility index (Phi) is 3.85. The number of aromatic nitrogens is 1. The summed E-state index contributed by atoms with van der Waals surface area (Å²) in [5.41, 5.74) is 1.97. The SMILES string of the molecule is Clc1ccc(NC2CCCOCC2)c2cccnc12. The summed E-state index contributed by atoms with van der Waals surface area (Å²) < 4.78 is 5.50. The molecule has 0 spiro atoms. The van der Waals surface area contributed by atoms with Gasteiger partial charge in [0, 0.05) is 36.5 Å². The van der Waals surface area contributed by atoms with Crippen molar-refractivity contribution in [2.75, 3.05) is 18.5 Å². The van der Waals surface area contributed by atoms with Crippen molar-refractivity contribution >= 4 is 28.2 Å². The molecule has 2 heterocycles. The van der Waals surface area contributed by atoms with Gasteiger partial charge in [-0.25, -0.2) is 0 Å². The number of fused-ring (bicyclic) bond motifs is 1. The monoisotopic (exact) mass is 276 g/mol. The molecule has 1 aliphatic rings. The van der Waals surface area contributed by atoms with E-state index in [1.807, 2.05) is 18.2 Å². The summed E-state index contributed by atoms with van der Waals surface area (Å²) in [6.07, 6.45) is 5.08. The molecule has 1 N–H and O–H groups in total. The van der Waals surface area contributed by atoms with Crippen molar-refractivity contribution in [3.05, 3.63) is 35.5 Å². The maximum Gasteiger partial charge on any atom is 0.0908 e. The fourth-order valence-corrected chi connectivity index (χ4v) is 2.75.